The molecule has 1 heterocycles. The lowest BCUT2D eigenvalue weighted by molar-refractivity contribution is 0.0255. The number of hydrogen-bond acceptors (Lipinski definition) is 2. The summed E-state index contributed by atoms with van der Waals surface area (Å²) in [5.41, 5.74) is -0.651. The Balaban J connectivity index is 2.13. The van der Waals surface area contributed by atoms with Gasteiger partial charge in [-0.1, -0.05) is 0 Å². The average Bonchev–Trinajstić information content (AvgIpc) is 2.47. The molecule has 1 aromatic rings. The summed E-state index contributed by atoms with van der Waals surface area (Å²) in [7, 11) is 2.01. The SMILES string of the molecule is CN1CCCC(O)(Cc2cc(F)ccc2F)CC1. The van der Waals surface area contributed by atoms with Crippen LogP contribution in [-0.2, 0) is 6.42 Å². The number of halogens is 2. The van der Waals surface area contributed by atoms with Crippen LogP contribution in [0.5, 0.6) is 0 Å². The summed E-state index contributed by atoms with van der Waals surface area (Å²) in [6, 6.07) is 3.41. The van der Waals surface area contributed by atoms with Crippen molar-refractivity contribution in [3.05, 3.63) is 35.4 Å². The van der Waals surface area contributed by atoms with E-state index in [-0.39, 0.29) is 12.0 Å². The monoisotopic (exact) mass is 255 g/mol. The molecule has 0 radical (unpaired) electrons. The molecule has 18 heavy (non-hydrogen) atoms. The normalized spacial score (nSPS) is 26.0. The molecule has 0 spiro atoms. The summed E-state index contributed by atoms with van der Waals surface area (Å²) in [5, 5.41) is 10.5. The van der Waals surface area contributed by atoms with Crippen molar-refractivity contribution < 1.29 is 13.9 Å². The van der Waals surface area contributed by atoms with Gasteiger partial charge in [-0.3, -0.25) is 0 Å². The lowest BCUT2D eigenvalue weighted by atomic mass is 9.87. The van der Waals surface area contributed by atoms with Crippen LogP contribution in [0.15, 0.2) is 18.2 Å². The van der Waals surface area contributed by atoms with Gasteiger partial charge in [-0.05, 0) is 56.6 Å². The van der Waals surface area contributed by atoms with Crippen molar-refractivity contribution in [1.82, 2.24) is 4.90 Å². The Kier molecular flexibility index (Phi) is 3.97. The Morgan fingerprint density at radius 2 is 2.06 bits per heavy atom. The number of hydrogen-bond donors (Lipinski definition) is 1. The Bertz CT molecular complexity index is 424. The van der Waals surface area contributed by atoms with Gasteiger partial charge in [0.1, 0.15) is 11.6 Å². The fraction of sp³-hybridized carbons (Fsp3) is 0.571. The zero-order chi connectivity index (χ0) is 13.2. The molecule has 0 aromatic heterocycles. The standard InChI is InChI=1S/C14H19F2NO/c1-17-7-2-5-14(18,6-8-17)10-11-9-12(15)3-4-13(11)16/h3-4,9,18H,2,5-8,10H2,1H3. The maximum Gasteiger partial charge on any atom is 0.126 e. The number of nitrogens with zero attached hydrogens (tertiary/aromatic N) is 1. The van der Waals surface area contributed by atoms with Crippen molar-refractivity contribution in [2.24, 2.45) is 0 Å². The molecule has 2 nitrogen and oxygen atoms in total. The smallest absolute Gasteiger partial charge is 0.126 e. The van der Waals surface area contributed by atoms with E-state index in [1.54, 1.807) is 0 Å². The minimum absolute atomic E-state index is 0.185. The van der Waals surface area contributed by atoms with Gasteiger partial charge in [-0.15, -0.1) is 0 Å². The first-order chi connectivity index (χ1) is 8.48. The molecule has 1 N–H and O–H groups in total. The zero-order valence-corrected chi connectivity index (χ0v) is 10.6. The Hall–Kier alpha value is -1.00. The number of aliphatic hydroxyl groups is 1. The highest BCUT2D eigenvalue weighted by Crippen LogP contribution is 2.27. The third-order valence-electron chi connectivity index (χ3n) is 3.67. The first kappa shape index (κ1) is 13.4. The highest BCUT2D eigenvalue weighted by Gasteiger charge is 2.30. The molecule has 100 valence electrons. The second-order valence-electron chi connectivity index (χ2n) is 5.29. The van der Waals surface area contributed by atoms with E-state index in [1.165, 1.54) is 6.07 Å². The molecular weight excluding hydrogens is 236 g/mol. The third kappa shape index (κ3) is 3.27. The van der Waals surface area contributed by atoms with Gasteiger partial charge in [0.2, 0.25) is 0 Å². The van der Waals surface area contributed by atoms with E-state index in [0.717, 1.165) is 31.6 Å². The maximum absolute atomic E-state index is 13.6. The first-order valence-electron chi connectivity index (χ1n) is 6.33. The average molecular weight is 255 g/mol. The fourth-order valence-electron chi connectivity index (χ4n) is 2.52. The molecule has 0 bridgehead atoms. The van der Waals surface area contributed by atoms with Gasteiger partial charge in [-0.25, -0.2) is 8.78 Å². The predicted molar refractivity (Wildman–Crippen MR) is 66.4 cm³/mol. The van der Waals surface area contributed by atoms with Crippen LogP contribution in [0.3, 0.4) is 0 Å². The van der Waals surface area contributed by atoms with Crippen LogP contribution < -0.4 is 0 Å². The Morgan fingerprint density at radius 3 is 2.83 bits per heavy atom. The largest absolute Gasteiger partial charge is 0.389 e. The lowest BCUT2D eigenvalue weighted by Crippen LogP contribution is -2.33. The quantitative estimate of drug-likeness (QED) is 0.877. The van der Waals surface area contributed by atoms with E-state index in [2.05, 4.69) is 4.90 Å². The van der Waals surface area contributed by atoms with Gasteiger partial charge in [0.25, 0.3) is 0 Å². The van der Waals surface area contributed by atoms with E-state index in [9.17, 15) is 13.9 Å². The summed E-state index contributed by atoms with van der Waals surface area (Å²) in [6.45, 7) is 1.72. The van der Waals surface area contributed by atoms with Gasteiger partial charge in [0.15, 0.2) is 0 Å². The van der Waals surface area contributed by atoms with Crippen LogP contribution in [0.25, 0.3) is 0 Å². The van der Waals surface area contributed by atoms with Gasteiger partial charge in [0.05, 0.1) is 5.60 Å². The van der Waals surface area contributed by atoms with Crippen LogP contribution in [-0.4, -0.2) is 35.7 Å². The number of benzene rings is 1. The third-order valence-corrected chi connectivity index (χ3v) is 3.67. The van der Waals surface area contributed by atoms with E-state index in [0.29, 0.717) is 12.8 Å². The van der Waals surface area contributed by atoms with Crippen molar-refractivity contribution in [2.75, 3.05) is 20.1 Å². The highest BCUT2D eigenvalue weighted by molar-refractivity contribution is 5.20. The Morgan fingerprint density at radius 1 is 1.28 bits per heavy atom. The summed E-state index contributed by atoms with van der Waals surface area (Å²) < 4.78 is 26.7. The molecule has 1 aliphatic rings. The predicted octanol–water partition coefficient (Wildman–Crippen LogP) is 2.35. The minimum Gasteiger partial charge on any atom is -0.389 e. The maximum atomic E-state index is 13.6. The van der Waals surface area contributed by atoms with E-state index in [4.69, 9.17) is 0 Å². The van der Waals surface area contributed by atoms with Crippen LogP contribution in [0.2, 0.25) is 0 Å². The fourth-order valence-corrected chi connectivity index (χ4v) is 2.52. The molecule has 1 atom stereocenters. The van der Waals surface area contributed by atoms with Crippen molar-refractivity contribution in [2.45, 2.75) is 31.3 Å². The van der Waals surface area contributed by atoms with Crippen molar-refractivity contribution in [3.63, 3.8) is 0 Å². The number of likely N-dealkylation sites (tertiary alicyclic amines) is 1. The second-order valence-corrected chi connectivity index (χ2v) is 5.29. The summed E-state index contributed by atoms with van der Waals surface area (Å²) in [5.74, 6) is -0.900. The lowest BCUT2D eigenvalue weighted by Gasteiger charge is -2.27. The molecule has 0 amide bonds. The molecule has 0 saturated carbocycles. The highest BCUT2D eigenvalue weighted by atomic mass is 19.1. The summed E-state index contributed by atoms with van der Waals surface area (Å²) in [4.78, 5) is 2.15. The summed E-state index contributed by atoms with van der Waals surface area (Å²) in [6.07, 6.45) is 2.29. The van der Waals surface area contributed by atoms with E-state index >= 15 is 0 Å². The minimum atomic E-state index is -0.917. The molecule has 1 unspecified atom stereocenters. The summed E-state index contributed by atoms with van der Waals surface area (Å²) >= 11 is 0. The molecule has 4 heteroatoms. The van der Waals surface area contributed by atoms with Crippen molar-refractivity contribution >= 4 is 0 Å². The van der Waals surface area contributed by atoms with Crippen molar-refractivity contribution in [1.29, 1.82) is 0 Å². The molecule has 2 rings (SSSR count). The van der Waals surface area contributed by atoms with Crippen LogP contribution in [0.4, 0.5) is 8.78 Å². The van der Waals surface area contributed by atoms with Crippen LogP contribution >= 0.6 is 0 Å². The van der Waals surface area contributed by atoms with Gasteiger partial charge < -0.3 is 10.0 Å². The molecule has 0 aliphatic carbocycles. The molecule has 1 aliphatic heterocycles. The zero-order valence-electron chi connectivity index (χ0n) is 10.6. The van der Waals surface area contributed by atoms with E-state index in [1.807, 2.05) is 7.05 Å². The first-order valence-corrected chi connectivity index (χ1v) is 6.33. The topological polar surface area (TPSA) is 23.5 Å². The molecule has 1 aromatic carbocycles. The molecular formula is C14H19F2NO. The Labute approximate surface area is 106 Å². The second kappa shape index (κ2) is 5.33. The van der Waals surface area contributed by atoms with Crippen LogP contribution in [0.1, 0.15) is 24.8 Å². The van der Waals surface area contributed by atoms with Crippen LogP contribution in [0, 0.1) is 11.6 Å². The van der Waals surface area contributed by atoms with Crippen molar-refractivity contribution in [3.8, 4) is 0 Å². The van der Waals surface area contributed by atoms with Gasteiger partial charge in [0, 0.05) is 13.0 Å². The molecule has 1 saturated heterocycles. The number of rotatable bonds is 2. The molecule has 1 fully saturated rings. The van der Waals surface area contributed by atoms with E-state index < -0.39 is 17.2 Å². The van der Waals surface area contributed by atoms with Gasteiger partial charge >= 0.3 is 0 Å². The van der Waals surface area contributed by atoms with Gasteiger partial charge in [-0.2, -0.15) is 0 Å².